The van der Waals surface area contributed by atoms with Crippen molar-refractivity contribution in [3.8, 4) is 0 Å². The van der Waals surface area contributed by atoms with Crippen molar-refractivity contribution in [3.05, 3.63) is 39.2 Å². The largest absolute Gasteiger partial charge is 2.00 e. The molecule has 0 aromatic carbocycles. The summed E-state index contributed by atoms with van der Waals surface area (Å²) in [5.74, 6) is 0. The average molecular weight is 288 g/mol. The number of rotatable bonds is 10. The van der Waals surface area contributed by atoms with E-state index in [4.69, 9.17) is 0 Å². The second-order valence-electron chi connectivity index (χ2n) is 3.98. The minimum absolute atomic E-state index is 0. The number of hydrogen-bond donors (Lipinski definition) is 0. The third-order valence-electron chi connectivity index (χ3n) is 2.32. The number of unbranched alkanes of at least 4 members (excludes halogenated alkanes) is 8. The van der Waals surface area contributed by atoms with Gasteiger partial charge < -0.3 is 13.8 Å². The Hall–Kier alpha value is 0.103. The maximum atomic E-state index is 3.76. The van der Waals surface area contributed by atoms with E-state index >= 15 is 0 Å². The van der Waals surface area contributed by atoms with E-state index in [0.717, 1.165) is 12.8 Å². The van der Waals surface area contributed by atoms with Crippen LogP contribution in [0.2, 0.25) is 0 Å². The van der Waals surface area contributed by atoms with Gasteiger partial charge in [0, 0.05) is 0 Å². The molecule has 0 aliphatic rings. The van der Waals surface area contributed by atoms with Crippen molar-refractivity contribution in [2.24, 2.45) is 0 Å². The van der Waals surface area contributed by atoms with E-state index in [9.17, 15) is 0 Å². The molecule has 0 bridgehead atoms. The zero-order valence-electron chi connectivity index (χ0n) is 11.8. The molecule has 17 heavy (non-hydrogen) atoms. The van der Waals surface area contributed by atoms with Crippen LogP contribution in [0.5, 0.6) is 0 Å². The molecule has 0 aromatic heterocycles. The summed E-state index contributed by atoms with van der Waals surface area (Å²) >= 11 is 0. The van der Waals surface area contributed by atoms with Gasteiger partial charge in [0.15, 0.2) is 0 Å². The van der Waals surface area contributed by atoms with E-state index in [-0.39, 0.29) is 19.5 Å². The molecule has 96 valence electrons. The SMILES string of the molecule is C=CCCCCC[CH2-].C=CCCCCC[CH2-].[Zn+2]. The van der Waals surface area contributed by atoms with Crippen LogP contribution in [0.1, 0.15) is 64.2 Å². The minimum atomic E-state index is 0. The Morgan fingerprint density at radius 1 is 0.647 bits per heavy atom. The van der Waals surface area contributed by atoms with Gasteiger partial charge in [0.25, 0.3) is 0 Å². The molecular weight excluding hydrogens is 258 g/mol. The van der Waals surface area contributed by atoms with Crippen molar-refractivity contribution in [2.75, 3.05) is 0 Å². The topological polar surface area (TPSA) is 0 Å². The van der Waals surface area contributed by atoms with Gasteiger partial charge in [-0.05, 0) is 25.7 Å². The summed E-state index contributed by atoms with van der Waals surface area (Å²) in [5, 5.41) is 0. The molecule has 0 fully saturated rings. The van der Waals surface area contributed by atoms with Crippen molar-refractivity contribution in [1.29, 1.82) is 0 Å². The normalized spacial score (nSPS) is 8.59. The zero-order chi connectivity index (χ0) is 12.5. The fourth-order valence-corrected chi connectivity index (χ4v) is 1.28. The molecule has 0 aliphatic carbocycles. The standard InChI is InChI=1S/2C8H15.Zn/c2*1-3-5-7-8-6-4-2;/h2*3H,1-2,4-8H2;/q2*-1;+2. The summed E-state index contributed by atoms with van der Waals surface area (Å²) in [6.07, 6.45) is 16.2. The average Bonchev–Trinajstić information content (AvgIpc) is 2.31. The van der Waals surface area contributed by atoms with Crippen LogP contribution in [-0.4, -0.2) is 0 Å². The fourth-order valence-electron chi connectivity index (χ4n) is 1.28. The van der Waals surface area contributed by atoms with Gasteiger partial charge in [0.05, 0.1) is 0 Å². The first-order valence-electron chi connectivity index (χ1n) is 6.63. The fraction of sp³-hybridized carbons (Fsp3) is 0.625. The van der Waals surface area contributed by atoms with Crippen molar-refractivity contribution in [2.45, 2.75) is 64.2 Å². The molecule has 0 saturated carbocycles. The van der Waals surface area contributed by atoms with Gasteiger partial charge in [0.1, 0.15) is 0 Å². The molecule has 0 radical (unpaired) electrons. The first kappa shape index (κ1) is 22.3. The molecular formula is C16H30Zn. The molecule has 0 aromatic rings. The van der Waals surface area contributed by atoms with Crippen LogP contribution in [0.3, 0.4) is 0 Å². The second-order valence-corrected chi connectivity index (χ2v) is 3.98. The molecule has 0 aliphatic heterocycles. The maximum absolute atomic E-state index is 3.76. The van der Waals surface area contributed by atoms with Gasteiger partial charge >= 0.3 is 19.5 Å². The first-order valence-corrected chi connectivity index (χ1v) is 6.63. The van der Waals surface area contributed by atoms with E-state index in [1.54, 1.807) is 0 Å². The van der Waals surface area contributed by atoms with Crippen LogP contribution in [0.4, 0.5) is 0 Å². The van der Waals surface area contributed by atoms with Crippen molar-refractivity contribution in [3.63, 3.8) is 0 Å². The summed E-state index contributed by atoms with van der Waals surface area (Å²) < 4.78 is 0. The Morgan fingerprint density at radius 3 is 1.24 bits per heavy atom. The number of hydrogen-bond acceptors (Lipinski definition) is 0. The quantitative estimate of drug-likeness (QED) is 0.203. The Morgan fingerprint density at radius 2 is 1.00 bits per heavy atom. The maximum Gasteiger partial charge on any atom is 2.00 e. The Labute approximate surface area is 123 Å². The monoisotopic (exact) mass is 286 g/mol. The van der Waals surface area contributed by atoms with Gasteiger partial charge in [-0.1, -0.05) is 37.8 Å². The van der Waals surface area contributed by atoms with E-state index in [0.29, 0.717) is 0 Å². The molecule has 0 nitrogen and oxygen atoms in total. The van der Waals surface area contributed by atoms with Crippen LogP contribution in [0.25, 0.3) is 0 Å². The Balaban J connectivity index is -0.000000218. The van der Waals surface area contributed by atoms with Gasteiger partial charge in [-0.3, -0.25) is 0 Å². The van der Waals surface area contributed by atoms with Gasteiger partial charge in [-0.2, -0.15) is 12.8 Å². The summed E-state index contributed by atoms with van der Waals surface area (Å²) in [5.41, 5.74) is 0. The predicted octanol–water partition coefficient (Wildman–Crippen LogP) is 5.91. The minimum Gasteiger partial charge on any atom is -0.343 e. The number of allylic oxidation sites excluding steroid dienone is 2. The smallest absolute Gasteiger partial charge is 0.343 e. The third kappa shape index (κ3) is 31.4. The Bertz CT molecular complexity index is 113. The van der Waals surface area contributed by atoms with Crippen molar-refractivity contribution in [1.82, 2.24) is 0 Å². The second kappa shape index (κ2) is 25.1. The predicted molar refractivity (Wildman–Crippen MR) is 77.3 cm³/mol. The van der Waals surface area contributed by atoms with Crippen LogP contribution in [0, 0.1) is 13.8 Å². The molecule has 0 unspecified atom stereocenters. The molecule has 0 rings (SSSR count). The summed E-state index contributed by atoms with van der Waals surface area (Å²) in [4.78, 5) is 0. The van der Waals surface area contributed by atoms with Crippen LogP contribution in [0.15, 0.2) is 25.3 Å². The van der Waals surface area contributed by atoms with E-state index in [2.05, 4.69) is 27.0 Å². The van der Waals surface area contributed by atoms with Gasteiger partial charge in [-0.15, -0.1) is 13.2 Å². The molecule has 0 saturated heterocycles. The van der Waals surface area contributed by atoms with Gasteiger partial charge in [-0.25, -0.2) is 0 Å². The zero-order valence-corrected chi connectivity index (χ0v) is 14.7. The molecule has 0 spiro atoms. The van der Waals surface area contributed by atoms with E-state index < -0.39 is 0 Å². The van der Waals surface area contributed by atoms with Crippen molar-refractivity contribution < 1.29 is 19.5 Å². The molecule has 0 atom stereocenters. The van der Waals surface area contributed by atoms with E-state index in [1.165, 1.54) is 51.4 Å². The third-order valence-corrected chi connectivity index (χ3v) is 2.32. The Kier molecular flexibility index (Phi) is 32.9. The molecule has 1 heteroatoms. The molecule has 0 heterocycles. The van der Waals surface area contributed by atoms with Crippen LogP contribution < -0.4 is 0 Å². The summed E-state index contributed by atoms with van der Waals surface area (Å²) in [7, 11) is 0. The summed E-state index contributed by atoms with van der Waals surface area (Å²) in [6.45, 7) is 14.8. The van der Waals surface area contributed by atoms with Crippen LogP contribution in [-0.2, 0) is 19.5 Å². The van der Waals surface area contributed by atoms with Crippen LogP contribution >= 0.6 is 0 Å². The molecule has 0 amide bonds. The van der Waals surface area contributed by atoms with Crippen molar-refractivity contribution >= 4 is 0 Å². The first-order chi connectivity index (χ1) is 7.83. The summed E-state index contributed by atoms with van der Waals surface area (Å²) in [6, 6.07) is 0. The molecule has 0 N–H and O–H groups in total. The van der Waals surface area contributed by atoms with E-state index in [1.807, 2.05) is 12.2 Å². The van der Waals surface area contributed by atoms with Gasteiger partial charge in [0.2, 0.25) is 0 Å².